The van der Waals surface area contributed by atoms with E-state index < -0.39 is 10.1 Å². The Morgan fingerprint density at radius 3 is 2.07 bits per heavy atom. The number of phenolic OH excluding ortho intramolecular Hbond substituents is 1. The molecule has 29 heavy (non-hydrogen) atoms. The molecule has 0 saturated heterocycles. The number of aromatic hydroxyl groups is 1. The van der Waals surface area contributed by atoms with Crippen molar-refractivity contribution in [3.8, 4) is 17.2 Å². The van der Waals surface area contributed by atoms with E-state index in [0.29, 0.717) is 5.75 Å². The normalized spacial score (nSPS) is 11.5. The van der Waals surface area contributed by atoms with Crippen molar-refractivity contribution < 1.29 is 22.8 Å². The molecule has 0 aliphatic carbocycles. The fourth-order valence-electron chi connectivity index (χ4n) is 3.28. The molecule has 0 unspecified atom stereocenters. The molecule has 0 atom stereocenters. The zero-order valence-electron chi connectivity index (χ0n) is 17.1. The van der Waals surface area contributed by atoms with Crippen LogP contribution in [0.15, 0.2) is 47.4 Å². The van der Waals surface area contributed by atoms with Crippen LogP contribution in [-0.2, 0) is 16.5 Å². The first-order valence-corrected chi connectivity index (χ1v) is 11.9. The van der Waals surface area contributed by atoms with Crippen LogP contribution >= 0.6 is 0 Å². The van der Waals surface area contributed by atoms with Crippen molar-refractivity contribution in [3.05, 3.63) is 48.0 Å². The summed E-state index contributed by atoms with van der Waals surface area (Å²) in [6.45, 7) is 2.22. The average Bonchev–Trinajstić information content (AvgIpc) is 2.68. The second kappa shape index (κ2) is 11.8. The number of phenols is 1. The van der Waals surface area contributed by atoms with E-state index >= 15 is 0 Å². The van der Waals surface area contributed by atoms with Gasteiger partial charge >= 0.3 is 0 Å². The standard InChI is InChI=1S/C23H32O5S/c1-2-3-4-5-6-7-8-9-10-13-19-16-17-20(29(25,26)27)18-23(19)28-22-15-12-11-14-21(22)24/h11-12,14-18,24H,2-10,13H2,1H3,(H,25,26,27). The van der Waals surface area contributed by atoms with E-state index in [2.05, 4.69) is 6.92 Å². The molecule has 2 rings (SSSR count). The fourth-order valence-corrected chi connectivity index (χ4v) is 3.78. The van der Waals surface area contributed by atoms with Crippen molar-refractivity contribution in [3.63, 3.8) is 0 Å². The van der Waals surface area contributed by atoms with Crippen LogP contribution in [0.1, 0.15) is 70.3 Å². The predicted molar refractivity (Wildman–Crippen MR) is 115 cm³/mol. The van der Waals surface area contributed by atoms with Gasteiger partial charge in [0.1, 0.15) is 5.75 Å². The zero-order valence-corrected chi connectivity index (χ0v) is 18.0. The summed E-state index contributed by atoms with van der Waals surface area (Å²) in [6, 6.07) is 10.9. The summed E-state index contributed by atoms with van der Waals surface area (Å²) in [5, 5.41) is 9.95. The van der Waals surface area contributed by atoms with Gasteiger partial charge in [-0.15, -0.1) is 0 Å². The quantitative estimate of drug-likeness (QED) is 0.285. The second-order valence-corrected chi connectivity index (χ2v) is 8.81. The molecule has 2 N–H and O–H groups in total. The van der Waals surface area contributed by atoms with Crippen molar-refractivity contribution in [1.82, 2.24) is 0 Å². The number of benzene rings is 2. The molecular formula is C23H32O5S. The van der Waals surface area contributed by atoms with Crippen LogP contribution in [0.5, 0.6) is 17.2 Å². The third-order valence-corrected chi connectivity index (χ3v) is 5.82. The number of aryl methyl sites for hydroxylation is 1. The summed E-state index contributed by atoms with van der Waals surface area (Å²) in [5.41, 5.74) is 0.851. The molecule has 160 valence electrons. The Hall–Kier alpha value is -2.05. The lowest BCUT2D eigenvalue weighted by Gasteiger charge is -2.13. The maximum Gasteiger partial charge on any atom is 0.294 e. The van der Waals surface area contributed by atoms with Crippen LogP contribution in [0.3, 0.4) is 0 Å². The van der Waals surface area contributed by atoms with Gasteiger partial charge in [0.2, 0.25) is 0 Å². The molecule has 0 aliphatic heterocycles. The van der Waals surface area contributed by atoms with E-state index in [1.807, 2.05) is 0 Å². The van der Waals surface area contributed by atoms with E-state index in [9.17, 15) is 18.1 Å². The topological polar surface area (TPSA) is 83.8 Å². The van der Waals surface area contributed by atoms with Crippen molar-refractivity contribution in [1.29, 1.82) is 0 Å². The first-order valence-electron chi connectivity index (χ1n) is 10.5. The lowest BCUT2D eigenvalue weighted by molar-refractivity contribution is 0.407. The minimum Gasteiger partial charge on any atom is -0.504 e. The van der Waals surface area contributed by atoms with Crippen LogP contribution in [0, 0.1) is 0 Å². The smallest absolute Gasteiger partial charge is 0.294 e. The fraction of sp³-hybridized carbons (Fsp3) is 0.478. The number of rotatable bonds is 13. The Morgan fingerprint density at radius 1 is 0.828 bits per heavy atom. The molecule has 2 aromatic carbocycles. The predicted octanol–water partition coefficient (Wildman–Crippen LogP) is 6.50. The number of unbranched alkanes of at least 4 members (excludes halogenated alkanes) is 8. The lowest BCUT2D eigenvalue weighted by Crippen LogP contribution is -2.01. The second-order valence-electron chi connectivity index (χ2n) is 7.39. The highest BCUT2D eigenvalue weighted by atomic mass is 32.2. The summed E-state index contributed by atoms with van der Waals surface area (Å²) >= 11 is 0. The van der Waals surface area contributed by atoms with E-state index in [4.69, 9.17) is 4.74 Å². The summed E-state index contributed by atoms with van der Waals surface area (Å²) in [7, 11) is -4.33. The van der Waals surface area contributed by atoms with Crippen LogP contribution < -0.4 is 4.74 Å². The van der Waals surface area contributed by atoms with E-state index in [-0.39, 0.29) is 16.4 Å². The summed E-state index contributed by atoms with van der Waals surface area (Å²) < 4.78 is 38.1. The van der Waals surface area contributed by atoms with Gasteiger partial charge in [-0.3, -0.25) is 4.55 Å². The van der Waals surface area contributed by atoms with Gasteiger partial charge in [-0.25, -0.2) is 0 Å². The van der Waals surface area contributed by atoms with E-state index in [1.54, 1.807) is 24.3 Å². The number of hydrogen-bond acceptors (Lipinski definition) is 4. The molecule has 0 amide bonds. The zero-order chi connectivity index (χ0) is 21.1. The van der Waals surface area contributed by atoms with Gasteiger partial charge in [0.25, 0.3) is 10.1 Å². The average molecular weight is 421 g/mol. The van der Waals surface area contributed by atoms with Crippen LogP contribution in [-0.4, -0.2) is 18.1 Å². The first kappa shape index (κ1) is 23.2. The monoisotopic (exact) mass is 420 g/mol. The van der Waals surface area contributed by atoms with Crippen molar-refractivity contribution >= 4 is 10.1 Å². The molecule has 0 bridgehead atoms. The maximum atomic E-state index is 11.5. The van der Waals surface area contributed by atoms with Gasteiger partial charge < -0.3 is 9.84 Å². The largest absolute Gasteiger partial charge is 0.504 e. The van der Waals surface area contributed by atoms with Crippen molar-refractivity contribution in [2.45, 2.75) is 76.0 Å². The van der Waals surface area contributed by atoms with Crippen LogP contribution in [0.2, 0.25) is 0 Å². The third kappa shape index (κ3) is 8.07. The highest BCUT2D eigenvalue weighted by Gasteiger charge is 2.15. The van der Waals surface area contributed by atoms with E-state index in [0.717, 1.165) is 24.8 Å². The van der Waals surface area contributed by atoms with Gasteiger partial charge in [-0.2, -0.15) is 8.42 Å². The molecule has 0 fully saturated rings. The van der Waals surface area contributed by atoms with E-state index in [1.165, 1.54) is 63.1 Å². The molecule has 6 heteroatoms. The summed E-state index contributed by atoms with van der Waals surface area (Å²) in [6.07, 6.45) is 11.7. The minimum absolute atomic E-state index is 0.0289. The molecule has 0 heterocycles. The van der Waals surface area contributed by atoms with Gasteiger partial charge in [0, 0.05) is 6.07 Å². The number of hydrogen-bond donors (Lipinski definition) is 2. The first-order chi connectivity index (χ1) is 13.9. The minimum atomic E-state index is -4.33. The Labute approximate surface area is 174 Å². The van der Waals surface area contributed by atoms with Crippen molar-refractivity contribution in [2.75, 3.05) is 0 Å². The Kier molecular flexibility index (Phi) is 9.48. The highest BCUT2D eigenvalue weighted by Crippen LogP contribution is 2.34. The molecular weight excluding hydrogens is 388 g/mol. The lowest BCUT2D eigenvalue weighted by atomic mass is 10.0. The molecule has 5 nitrogen and oxygen atoms in total. The van der Waals surface area contributed by atoms with Crippen LogP contribution in [0.4, 0.5) is 0 Å². The SMILES string of the molecule is CCCCCCCCCCCc1ccc(S(=O)(=O)O)cc1Oc1ccccc1O. The maximum absolute atomic E-state index is 11.5. The molecule has 2 aromatic rings. The van der Waals surface area contributed by atoms with Crippen LogP contribution in [0.25, 0.3) is 0 Å². The summed E-state index contributed by atoms with van der Waals surface area (Å²) in [5.74, 6) is 0.549. The van der Waals surface area contributed by atoms with Gasteiger partial charge in [0.15, 0.2) is 11.5 Å². The molecule has 0 aliphatic rings. The van der Waals surface area contributed by atoms with Gasteiger partial charge in [-0.05, 0) is 36.6 Å². The van der Waals surface area contributed by atoms with Gasteiger partial charge in [-0.1, -0.05) is 76.5 Å². The van der Waals surface area contributed by atoms with Crippen molar-refractivity contribution in [2.24, 2.45) is 0 Å². The molecule has 0 radical (unpaired) electrons. The van der Waals surface area contributed by atoms with Gasteiger partial charge in [0.05, 0.1) is 4.90 Å². The summed E-state index contributed by atoms with van der Waals surface area (Å²) in [4.78, 5) is -0.223. The molecule has 0 saturated carbocycles. The number of para-hydroxylation sites is 2. The Balaban J connectivity index is 1.97. The molecule has 0 spiro atoms. The number of ether oxygens (including phenoxy) is 1. The highest BCUT2D eigenvalue weighted by molar-refractivity contribution is 7.85. The molecule has 0 aromatic heterocycles. The Morgan fingerprint density at radius 2 is 1.45 bits per heavy atom. The third-order valence-electron chi connectivity index (χ3n) is 4.97. The Bertz CT molecular complexity index is 861.